The van der Waals surface area contributed by atoms with E-state index in [2.05, 4.69) is 5.32 Å². The summed E-state index contributed by atoms with van der Waals surface area (Å²) in [5.41, 5.74) is 6.53. The van der Waals surface area contributed by atoms with E-state index >= 15 is 0 Å². The Hall–Kier alpha value is -2.41. The number of hydrogen-bond acceptors (Lipinski definition) is 4. The number of amides is 2. The van der Waals surface area contributed by atoms with Gasteiger partial charge in [-0.1, -0.05) is 0 Å². The molecule has 3 N–H and O–H groups in total. The molecular formula is C16H16FN3O2S. The fourth-order valence-corrected chi connectivity index (χ4v) is 3.47. The maximum absolute atomic E-state index is 13.7. The molecule has 2 heterocycles. The third-order valence-corrected chi connectivity index (χ3v) is 4.86. The SMILES string of the molecule is NC(=O)c1ccc(NCC(=O)N2CCc3sccc3C2)cc1F. The van der Waals surface area contributed by atoms with Gasteiger partial charge in [0.1, 0.15) is 5.82 Å². The third kappa shape index (κ3) is 3.34. The van der Waals surface area contributed by atoms with Crippen molar-refractivity contribution in [2.24, 2.45) is 5.73 Å². The second-order valence-electron chi connectivity index (χ2n) is 5.35. The summed E-state index contributed by atoms with van der Waals surface area (Å²) < 4.78 is 13.7. The molecule has 0 spiro atoms. The molecule has 7 heteroatoms. The molecule has 1 aliphatic rings. The van der Waals surface area contributed by atoms with E-state index in [9.17, 15) is 14.0 Å². The molecule has 0 unspecified atom stereocenters. The van der Waals surface area contributed by atoms with Crippen molar-refractivity contribution in [2.75, 3.05) is 18.4 Å². The van der Waals surface area contributed by atoms with Crippen molar-refractivity contribution in [3.8, 4) is 0 Å². The molecular weight excluding hydrogens is 317 g/mol. The number of fused-ring (bicyclic) bond motifs is 1. The number of nitrogens with one attached hydrogen (secondary N) is 1. The minimum atomic E-state index is -0.815. The molecule has 3 rings (SSSR count). The number of nitrogens with zero attached hydrogens (tertiary/aromatic N) is 1. The van der Waals surface area contributed by atoms with E-state index in [4.69, 9.17) is 5.73 Å². The van der Waals surface area contributed by atoms with Crippen LogP contribution in [0, 0.1) is 5.82 Å². The molecule has 0 saturated carbocycles. The summed E-state index contributed by atoms with van der Waals surface area (Å²) in [7, 11) is 0. The Bertz CT molecular complexity index is 760. The van der Waals surface area contributed by atoms with Crippen LogP contribution in [0.25, 0.3) is 0 Å². The predicted molar refractivity (Wildman–Crippen MR) is 86.8 cm³/mol. The van der Waals surface area contributed by atoms with Crippen molar-refractivity contribution in [3.63, 3.8) is 0 Å². The van der Waals surface area contributed by atoms with Gasteiger partial charge in [-0.3, -0.25) is 9.59 Å². The number of rotatable bonds is 4. The van der Waals surface area contributed by atoms with Gasteiger partial charge >= 0.3 is 0 Å². The van der Waals surface area contributed by atoms with E-state index in [0.717, 1.165) is 6.42 Å². The van der Waals surface area contributed by atoms with E-state index < -0.39 is 11.7 Å². The Morgan fingerprint density at radius 1 is 1.35 bits per heavy atom. The van der Waals surface area contributed by atoms with Gasteiger partial charge in [0.2, 0.25) is 5.91 Å². The summed E-state index contributed by atoms with van der Waals surface area (Å²) in [5.74, 6) is -1.55. The largest absolute Gasteiger partial charge is 0.376 e. The molecule has 0 aliphatic carbocycles. The number of anilines is 1. The Kier molecular flexibility index (Phi) is 4.29. The zero-order valence-electron chi connectivity index (χ0n) is 12.3. The normalized spacial score (nSPS) is 13.5. The first kappa shape index (κ1) is 15.5. The highest BCUT2D eigenvalue weighted by atomic mass is 32.1. The third-order valence-electron chi connectivity index (χ3n) is 3.84. The predicted octanol–water partition coefficient (Wildman–Crippen LogP) is 1.98. The fraction of sp³-hybridized carbons (Fsp3) is 0.250. The van der Waals surface area contributed by atoms with Crippen LogP contribution in [0.5, 0.6) is 0 Å². The van der Waals surface area contributed by atoms with E-state index in [1.807, 2.05) is 11.4 Å². The molecule has 0 atom stereocenters. The Labute approximate surface area is 136 Å². The molecule has 0 fully saturated rings. The lowest BCUT2D eigenvalue weighted by atomic mass is 10.1. The first-order valence-corrected chi connectivity index (χ1v) is 8.09. The number of carbonyl (C=O) groups is 2. The van der Waals surface area contributed by atoms with Crippen molar-refractivity contribution in [1.29, 1.82) is 0 Å². The van der Waals surface area contributed by atoms with Gasteiger partial charge in [-0.2, -0.15) is 0 Å². The van der Waals surface area contributed by atoms with Gasteiger partial charge < -0.3 is 16.0 Å². The zero-order chi connectivity index (χ0) is 16.4. The van der Waals surface area contributed by atoms with Crippen LogP contribution in [0.4, 0.5) is 10.1 Å². The van der Waals surface area contributed by atoms with Crippen molar-refractivity contribution in [3.05, 3.63) is 51.5 Å². The summed E-state index contributed by atoms with van der Waals surface area (Å²) in [4.78, 5) is 26.4. The molecule has 23 heavy (non-hydrogen) atoms. The molecule has 1 aromatic heterocycles. The van der Waals surface area contributed by atoms with Crippen LogP contribution in [0.15, 0.2) is 29.6 Å². The quantitative estimate of drug-likeness (QED) is 0.898. The van der Waals surface area contributed by atoms with Crippen LogP contribution in [-0.2, 0) is 17.8 Å². The van der Waals surface area contributed by atoms with Crippen LogP contribution in [0.1, 0.15) is 20.8 Å². The summed E-state index contributed by atoms with van der Waals surface area (Å²) in [6.07, 6.45) is 0.876. The molecule has 120 valence electrons. The summed E-state index contributed by atoms with van der Waals surface area (Å²) in [5, 5.41) is 4.93. The van der Waals surface area contributed by atoms with Gasteiger partial charge in [0.15, 0.2) is 0 Å². The molecule has 0 radical (unpaired) electrons. The van der Waals surface area contributed by atoms with Crippen LogP contribution in [-0.4, -0.2) is 29.8 Å². The number of nitrogens with two attached hydrogens (primary N) is 1. The van der Waals surface area contributed by atoms with Gasteiger partial charge in [0, 0.05) is 23.7 Å². The highest BCUT2D eigenvalue weighted by Crippen LogP contribution is 2.24. The van der Waals surface area contributed by atoms with Crippen LogP contribution in [0.3, 0.4) is 0 Å². The van der Waals surface area contributed by atoms with E-state index in [0.29, 0.717) is 18.8 Å². The fourth-order valence-electron chi connectivity index (χ4n) is 2.58. The second-order valence-corrected chi connectivity index (χ2v) is 6.35. The van der Waals surface area contributed by atoms with Crippen LogP contribution < -0.4 is 11.1 Å². The highest BCUT2D eigenvalue weighted by Gasteiger charge is 2.21. The minimum absolute atomic E-state index is 0.0405. The number of hydrogen-bond donors (Lipinski definition) is 2. The lowest BCUT2D eigenvalue weighted by Gasteiger charge is -2.27. The van der Waals surface area contributed by atoms with Crippen molar-refractivity contribution in [1.82, 2.24) is 4.90 Å². The van der Waals surface area contributed by atoms with Gasteiger partial charge in [0.05, 0.1) is 12.1 Å². The molecule has 2 amide bonds. The van der Waals surface area contributed by atoms with Gasteiger partial charge in [-0.15, -0.1) is 11.3 Å². The van der Waals surface area contributed by atoms with Crippen molar-refractivity contribution < 1.29 is 14.0 Å². The Balaban J connectivity index is 1.59. The monoisotopic (exact) mass is 333 g/mol. The highest BCUT2D eigenvalue weighted by molar-refractivity contribution is 7.10. The smallest absolute Gasteiger partial charge is 0.251 e. The average Bonchev–Trinajstić information content (AvgIpc) is 2.99. The van der Waals surface area contributed by atoms with Crippen molar-refractivity contribution >= 4 is 28.8 Å². The van der Waals surface area contributed by atoms with E-state index in [1.165, 1.54) is 28.6 Å². The van der Waals surface area contributed by atoms with Crippen LogP contribution in [0.2, 0.25) is 0 Å². The molecule has 0 bridgehead atoms. The number of thiophene rings is 1. The number of carbonyl (C=O) groups excluding carboxylic acids is 2. The molecule has 5 nitrogen and oxygen atoms in total. The van der Waals surface area contributed by atoms with E-state index in [1.54, 1.807) is 16.2 Å². The minimum Gasteiger partial charge on any atom is -0.376 e. The number of benzene rings is 1. The molecule has 1 aromatic carbocycles. The Morgan fingerprint density at radius 3 is 2.91 bits per heavy atom. The van der Waals surface area contributed by atoms with Gasteiger partial charge in [0.25, 0.3) is 5.91 Å². The van der Waals surface area contributed by atoms with Crippen LogP contribution >= 0.6 is 11.3 Å². The summed E-state index contributed by atoms with van der Waals surface area (Å²) >= 11 is 1.72. The maximum atomic E-state index is 13.7. The topological polar surface area (TPSA) is 75.4 Å². The first-order valence-electron chi connectivity index (χ1n) is 7.21. The first-order chi connectivity index (χ1) is 11.0. The maximum Gasteiger partial charge on any atom is 0.251 e. The molecule has 1 aliphatic heterocycles. The summed E-state index contributed by atoms with van der Waals surface area (Å²) in [6.45, 7) is 1.39. The lowest BCUT2D eigenvalue weighted by molar-refractivity contribution is -0.130. The second kappa shape index (κ2) is 6.37. The lowest BCUT2D eigenvalue weighted by Crippen LogP contribution is -2.38. The Morgan fingerprint density at radius 2 is 2.17 bits per heavy atom. The number of halogens is 1. The van der Waals surface area contributed by atoms with Gasteiger partial charge in [-0.05, 0) is 41.6 Å². The molecule has 0 saturated heterocycles. The standard InChI is InChI=1S/C16H16FN3O2S/c17-13-7-11(1-2-12(13)16(18)22)19-8-15(21)20-5-3-14-10(9-20)4-6-23-14/h1-2,4,6-7,19H,3,5,8-9H2,(H2,18,22). The summed E-state index contributed by atoms with van der Waals surface area (Å²) in [6, 6.07) is 6.05. The van der Waals surface area contributed by atoms with Gasteiger partial charge in [-0.25, -0.2) is 4.39 Å². The van der Waals surface area contributed by atoms with E-state index in [-0.39, 0.29) is 18.0 Å². The molecule has 2 aromatic rings. The average molecular weight is 333 g/mol. The number of primary amides is 1. The zero-order valence-corrected chi connectivity index (χ0v) is 13.2. The van der Waals surface area contributed by atoms with Crippen molar-refractivity contribution in [2.45, 2.75) is 13.0 Å².